The van der Waals surface area contributed by atoms with E-state index in [2.05, 4.69) is 15.5 Å². The van der Waals surface area contributed by atoms with Gasteiger partial charge in [-0.25, -0.2) is 0 Å². The first-order valence-electron chi connectivity index (χ1n) is 5.64. The number of hydrogen-bond acceptors (Lipinski definition) is 3. The molecule has 0 radical (unpaired) electrons. The van der Waals surface area contributed by atoms with Crippen LogP contribution in [0.1, 0.15) is 17.2 Å². The van der Waals surface area contributed by atoms with Crippen LogP contribution < -0.4 is 5.32 Å². The zero-order chi connectivity index (χ0) is 14.0. The van der Waals surface area contributed by atoms with Crippen LogP contribution in [0.4, 0.5) is 18.9 Å². The largest absolute Gasteiger partial charge is 0.416 e. The van der Waals surface area contributed by atoms with E-state index in [4.69, 9.17) is 0 Å². The van der Waals surface area contributed by atoms with Crippen molar-refractivity contribution in [2.24, 2.45) is 7.05 Å². The number of nitrogens with zero attached hydrogens (tertiary/aromatic N) is 3. The Morgan fingerprint density at radius 3 is 2.58 bits per heavy atom. The highest BCUT2D eigenvalue weighted by Crippen LogP contribution is 2.30. The quantitative estimate of drug-likeness (QED) is 0.932. The van der Waals surface area contributed by atoms with E-state index in [0.29, 0.717) is 18.1 Å². The van der Waals surface area contributed by atoms with Gasteiger partial charge >= 0.3 is 6.18 Å². The molecule has 1 N–H and O–H groups in total. The predicted molar refractivity (Wildman–Crippen MR) is 64.5 cm³/mol. The second-order valence-corrected chi connectivity index (χ2v) is 4.15. The molecule has 7 heteroatoms. The Kier molecular flexibility index (Phi) is 3.46. The minimum absolute atomic E-state index is 0.318. The van der Waals surface area contributed by atoms with Crippen LogP contribution in [0.25, 0.3) is 0 Å². The smallest absolute Gasteiger partial charge is 0.378 e. The van der Waals surface area contributed by atoms with Crippen molar-refractivity contribution in [2.75, 3.05) is 5.32 Å². The Morgan fingerprint density at radius 2 is 2.00 bits per heavy atom. The first kappa shape index (κ1) is 13.4. The third-order valence-electron chi connectivity index (χ3n) is 2.82. The van der Waals surface area contributed by atoms with E-state index in [0.717, 1.165) is 18.0 Å². The number of rotatable bonds is 3. The highest BCUT2D eigenvalue weighted by Gasteiger charge is 2.30. The van der Waals surface area contributed by atoms with E-state index < -0.39 is 11.7 Å². The van der Waals surface area contributed by atoms with E-state index in [1.54, 1.807) is 24.6 Å². The van der Waals surface area contributed by atoms with E-state index >= 15 is 0 Å². The fourth-order valence-corrected chi connectivity index (χ4v) is 1.59. The summed E-state index contributed by atoms with van der Waals surface area (Å²) in [6, 6.07) is 5.06. The highest BCUT2D eigenvalue weighted by molar-refractivity contribution is 5.46. The Labute approximate surface area is 108 Å². The van der Waals surface area contributed by atoms with Gasteiger partial charge in [-0.15, -0.1) is 10.2 Å². The summed E-state index contributed by atoms with van der Waals surface area (Å²) in [5, 5.41) is 10.7. The lowest BCUT2D eigenvalue weighted by Crippen LogP contribution is -2.09. The molecule has 0 unspecified atom stereocenters. The lowest BCUT2D eigenvalue weighted by molar-refractivity contribution is -0.137. The molecule has 0 aliphatic heterocycles. The summed E-state index contributed by atoms with van der Waals surface area (Å²) >= 11 is 0. The molecule has 102 valence electrons. The molecule has 0 saturated carbocycles. The van der Waals surface area contributed by atoms with Crippen LogP contribution in [0.2, 0.25) is 0 Å². The normalized spacial score (nSPS) is 11.6. The van der Waals surface area contributed by atoms with Crippen molar-refractivity contribution in [3.8, 4) is 0 Å². The molecular formula is C12H13F3N4. The summed E-state index contributed by atoms with van der Waals surface area (Å²) in [6.07, 6.45) is -4.33. The molecular weight excluding hydrogens is 257 g/mol. The Morgan fingerprint density at radius 1 is 1.26 bits per heavy atom. The molecule has 2 rings (SSSR count). The Hall–Kier alpha value is -2.05. The van der Waals surface area contributed by atoms with Gasteiger partial charge < -0.3 is 9.88 Å². The van der Waals surface area contributed by atoms with Gasteiger partial charge in [0, 0.05) is 12.7 Å². The first-order chi connectivity index (χ1) is 8.88. The number of halogens is 3. The number of aromatic nitrogens is 3. The fourth-order valence-electron chi connectivity index (χ4n) is 1.59. The molecule has 4 nitrogen and oxygen atoms in total. The molecule has 0 aliphatic rings. The summed E-state index contributed by atoms with van der Waals surface area (Å²) in [5.41, 5.74) is -0.276. The zero-order valence-corrected chi connectivity index (χ0v) is 10.5. The lowest BCUT2D eigenvalue weighted by Gasteiger charge is -2.10. The monoisotopic (exact) mass is 270 g/mol. The molecule has 1 aromatic carbocycles. The number of alkyl halides is 3. The van der Waals surface area contributed by atoms with Crippen molar-refractivity contribution in [1.29, 1.82) is 0 Å². The van der Waals surface area contributed by atoms with Crippen LogP contribution in [0.5, 0.6) is 0 Å². The summed E-state index contributed by atoms with van der Waals surface area (Å²) in [5.74, 6) is 1.41. The molecule has 1 aromatic heterocycles. The van der Waals surface area contributed by atoms with E-state index in [1.165, 1.54) is 6.07 Å². The second-order valence-electron chi connectivity index (χ2n) is 4.15. The van der Waals surface area contributed by atoms with Gasteiger partial charge in [-0.05, 0) is 25.1 Å². The Bertz CT molecular complexity index is 575. The molecule has 0 bridgehead atoms. The molecule has 2 aromatic rings. The van der Waals surface area contributed by atoms with Crippen LogP contribution in [-0.2, 0) is 19.8 Å². The van der Waals surface area contributed by atoms with E-state index in [1.807, 2.05) is 0 Å². The van der Waals surface area contributed by atoms with Gasteiger partial charge in [0.1, 0.15) is 5.82 Å². The molecule has 1 heterocycles. The number of anilines is 1. The molecule has 0 amide bonds. The van der Waals surface area contributed by atoms with Gasteiger partial charge in [-0.3, -0.25) is 0 Å². The van der Waals surface area contributed by atoms with Crippen LogP contribution in [0, 0.1) is 6.92 Å². The van der Waals surface area contributed by atoms with Crippen LogP contribution >= 0.6 is 0 Å². The van der Waals surface area contributed by atoms with Gasteiger partial charge in [0.05, 0.1) is 12.1 Å². The van der Waals surface area contributed by atoms with Gasteiger partial charge in [-0.2, -0.15) is 13.2 Å². The Balaban J connectivity index is 2.10. The van der Waals surface area contributed by atoms with Crippen molar-refractivity contribution >= 4 is 5.69 Å². The summed E-state index contributed by atoms with van der Waals surface area (Å²) in [7, 11) is 1.80. The molecule has 0 saturated heterocycles. The third kappa shape index (κ3) is 3.04. The predicted octanol–water partition coefficient (Wildman–Crippen LogP) is 2.75. The second kappa shape index (κ2) is 4.91. The minimum atomic E-state index is -4.33. The number of nitrogens with one attached hydrogen (secondary N) is 1. The van der Waals surface area contributed by atoms with Gasteiger partial charge in [0.2, 0.25) is 0 Å². The maximum atomic E-state index is 12.5. The SMILES string of the molecule is Cc1nnc(CNc2cccc(C(F)(F)F)c2)n1C. The summed E-state index contributed by atoms with van der Waals surface area (Å²) in [6.45, 7) is 2.12. The van der Waals surface area contributed by atoms with Gasteiger partial charge in [0.25, 0.3) is 0 Å². The fraction of sp³-hybridized carbons (Fsp3) is 0.333. The van der Waals surface area contributed by atoms with E-state index in [-0.39, 0.29) is 0 Å². The topological polar surface area (TPSA) is 42.7 Å². The van der Waals surface area contributed by atoms with E-state index in [9.17, 15) is 13.2 Å². The summed E-state index contributed by atoms with van der Waals surface area (Å²) < 4.78 is 39.4. The number of aryl methyl sites for hydroxylation is 1. The molecule has 0 fully saturated rings. The summed E-state index contributed by atoms with van der Waals surface area (Å²) in [4.78, 5) is 0. The van der Waals surface area contributed by atoms with Gasteiger partial charge in [-0.1, -0.05) is 6.07 Å². The minimum Gasteiger partial charge on any atom is -0.378 e. The van der Waals surface area contributed by atoms with Crippen LogP contribution in [0.15, 0.2) is 24.3 Å². The van der Waals surface area contributed by atoms with Gasteiger partial charge in [0.15, 0.2) is 5.82 Å². The highest BCUT2D eigenvalue weighted by atomic mass is 19.4. The number of benzene rings is 1. The maximum Gasteiger partial charge on any atom is 0.416 e. The maximum absolute atomic E-state index is 12.5. The first-order valence-corrected chi connectivity index (χ1v) is 5.64. The third-order valence-corrected chi connectivity index (χ3v) is 2.82. The molecule has 19 heavy (non-hydrogen) atoms. The molecule has 0 spiro atoms. The zero-order valence-electron chi connectivity index (χ0n) is 10.5. The lowest BCUT2D eigenvalue weighted by atomic mass is 10.2. The van der Waals surface area contributed by atoms with Crippen molar-refractivity contribution in [3.63, 3.8) is 0 Å². The standard InChI is InChI=1S/C12H13F3N4/c1-8-17-18-11(19(8)2)7-16-10-5-3-4-9(6-10)12(13,14)15/h3-6,16H,7H2,1-2H3. The van der Waals surface area contributed by atoms with Crippen molar-refractivity contribution < 1.29 is 13.2 Å². The average Bonchev–Trinajstić information content (AvgIpc) is 2.67. The van der Waals surface area contributed by atoms with Crippen LogP contribution in [0.3, 0.4) is 0 Å². The van der Waals surface area contributed by atoms with Crippen molar-refractivity contribution in [3.05, 3.63) is 41.5 Å². The molecule has 0 aliphatic carbocycles. The average molecular weight is 270 g/mol. The van der Waals surface area contributed by atoms with Crippen LogP contribution in [-0.4, -0.2) is 14.8 Å². The van der Waals surface area contributed by atoms with Crippen molar-refractivity contribution in [2.45, 2.75) is 19.6 Å². The molecule has 0 atom stereocenters. The number of hydrogen-bond donors (Lipinski definition) is 1. The van der Waals surface area contributed by atoms with Crippen molar-refractivity contribution in [1.82, 2.24) is 14.8 Å².